The zero-order valence-electron chi connectivity index (χ0n) is 18.2. The average molecular weight is 449 g/mol. The minimum Gasteiger partial charge on any atom is -0.378 e. The van der Waals surface area contributed by atoms with Crippen LogP contribution in [0.3, 0.4) is 0 Å². The van der Waals surface area contributed by atoms with Gasteiger partial charge in [-0.15, -0.1) is 11.3 Å². The third-order valence-corrected chi connectivity index (χ3v) is 5.93. The Morgan fingerprint density at radius 2 is 2.09 bits per heavy atom. The van der Waals surface area contributed by atoms with Gasteiger partial charge in [-0.3, -0.25) is 9.78 Å². The molecule has 0 aliphatic carbocycles. The third-order valence-electron chi connectivity index (χ3n) is 4.97. The van der Waals surface area contributed by atoms with Crippen molar-refractivity contribution in [2.75, 3.05) is 13.7 Å². The number of ether oxygens (including phenoxy) is 1. The van der Waals surface area contributed by atoms with Crippen molar-refractivity contribution in [1.82, 2.24) is 30.0 Å². The summed E-state index contributed by atoms with van der Waals surface area (Å²) >= 11 is 1.73. The molecule has 0 radical (unpaired) electrons. The molecule has 0 bridgehead atoms. The van der Waals surface area contributed by atoms with Crippen molar-refractivity contribution >= 4 is 17.2 Å². The van der Waals surface area contributed by atoms with Gasteiger partial charge in [0.2, 0.25) is 0 Å². The number of nitrogens with zero attached hydrogens (tertiary/aromatic N) is 5. The molecule has 0 saturated heterocycles. The Morgan fingerprint density at radius 1 is 1.22 bits per heavy atom. The molecule has 0 unspecified atom stereocenters. The molecule has 0 fully saturated rings. The topological polar surface area (TPSA) is 94.8 Å². The summed E-state index contributed by atoms with van der Waals surface area (Å²) in [7, 11) is 1.58. The van der Waals surface area contributed by atoms with Crippen molar-refractivity contribution in [1.29, 1.82) is 0 Å². The summed E-state index contributed by atoms with van der Waals surface area (Å²) in [5, 5.41) is 7.34. The number of nitrogens with one attached hydrogen (secondary N) is 1. The lowest BCUT2D eigenvalue weighted by Crippen LogP contribution is -2.26. The van der Waals surface area contributed by atoms with E-state index in [1.165, 1.54) is 16.0 Å². The van der Waals surface area contributed by atoms with Gasteiger partial charge in [-0.05, 0) is 44.0 Å². The van der Waals surface area contributed by atoms with E-state index in [0.717, 1.165) is 16.8 Å². The monoisotopic (exact) mass is 448 g/mol. The second-order valence-electron chi connectivity index (χ2n) is 7.29. The zero-order valence-corrected chi connectivity index (χ0v) is 19.0. The first kappa shape index (κ1) is 21.8. The zero-order chi connectivity index (χ0) is 22.5. The van der Waals surface area contributed by atoms with Crippen molar-refractivity contribution in [2.45, 2.75) is 26.9 Å². The molecule has 0 saturated carbocycles. The Labute approximate surface area is 190 Å². The standard InChI is InChI=1S/C23H24N6O2S/c1-15-11-18(16(2)32-15)20-7-10-26-23(28-20)29-21(14-31-3)19(13-27-29)22(30)25-9-6-17-5-4-8-24-12-17/h4-5,7-8,10-13H,6,9,14H2,1-3H3,(H,25,30). The summed E-state index contributed by atoms with van der Waals surface area (Å²) in [6.07, 6.45) is 7.45. The first-order valence-corrected chi connectivity index (χ1v) is 11.0. The fourth-order valence-electron chi connectivity index (χ4n) is 3.46. The lowest BCUT2D eigenvalue weighted by atomic mass is 10.2. The van der Waals surface area contributed by atoms with Crippen LogP contribution in [0.2, 0.25) is 0 Å². The van der Waals surface area contributed by atoms with E-state index >= 15 is 0 Å². The lowest BCUT2D eigenvalue weighted by Gasteiger charge is -2.09. The predicted octanol–water partition coefficient (Wildman–Crippen LogP) is 3.52. The van der Waals surface area contributed by atoms with Gasteiger partial charge in [0.1, 0.15) is 0 Å². The number of hydrogen-bond donors (Lipinski definition) is 1. The number of thiophene rings is 1. The van der Waals surface area contributed by atoms with Gasteiger partial charge in [0.15, 0.2) is 0 Å². The Morgan fingerprint density at radius 3 is 2.81 bits per heavy atom. The van der Waals surface area contributed by atoms with Crippen LogP contribution in [0.25, 0.3) is 17.2 Å². The van der Waals surface area contributed by atoms with Crippen molar-refractivity contribution in [3.05, 3.63) is 75.6 Å². The summed E-state index contributed by atoms with van der Waals surface area (Å²) in [5.41, 5.74) is 3.99. The maximum absolute atomic E-state index is 12.8. The second kappa shape index (κ2) is 9.80. The molecule has 1 amide bonds. The number of aryl methyl sites for hydroxylation is 2. The fraction of sp³-hybridized carbons (Fsp3) is 0.261. The Bertz CT molecular complexity index is 1220. The predicted molar refractivity (Wildman–Crippen MR) is 123 cm³/mol. The normalized spacial score (nSPS) is 11.0. The number of carbonyl (C=O) groups excluding carboxylic acids is 1. The van der Waals surface area contributed by atoms with Crippen molar-refractivity contribution < 1.29 is 9.53 Å². The molecule has 32 heavy (non-hydrogen) atoms. The first-order chi connectivity index (χ1) is 15.6. The van der Waals surface area contributed by atoms with Gasteiger partial charge in [-0.25, -0.2) is 9.97 Å². The lowest BCUT2D eigenvalue weighted by molar-refractivity contribution is 0.0948. The highest BCUT2D eigenvalue weighted by molar-refractivity contribution is 7.12. The second-order valence-corrected chi connectivity index (χ2v) is 8.75. The van der Waals surface area contributed by atoms with Crippen LogP contribution in [0.15, 0.2) is 49.1 Å². The van der Waals surface area contributed by atoms with Gasteiger partial charge < -0.3 is 10.1 Å². The Kier molecular flexibility index (Phi) is 6.67. The minimum absolute atomic E-state index is 0.204. The van der Waals surface area contributed by atoms with E-state index in [0.29, 0.717) is 30.2 Å². The van der Waals surface area contributed by atoms with Gasteiger partial charge in [-0.2, -0.15) is 9.78 Å². The highest BCUT2D eigenvalue weighted by Gasteiger charge is 2.20. The number of amides is 1. The van der Waals surface area contributed by atoms with E-state index in [9.17, 15) is 4.79 Å². The molecule has 4 aromatic rings. The summed E-state index contributed by atoms with van der Waals surface area (Å²) in [6, 6.07) is 7.86. The molecule has 0 aliphatic rings. The van der Waals surface area contributed by atoms with Crippen LogP contribution in [-0.2, 0) is 17.8 Å². The van der Waals surface area contributed by atoms with Gasteiger partial charge in [0.25, 0.3) is 11.9 Å². The molecule has 164 valence electrons. The van der Waals surface area contributed by atoms with Crippen LogP contribution < -0.4 is 5.32 Å². The third kappa shape index (κ3) is 4.74. The number of carbonyl (C=O) groups is 1. The summed E-state index contributed by atoms with van der Waals surface area (Å²) in [4.78, 5) is 28.4. The number of pyridine rings is 1. The molecule has 4 aromatic heterocycles. The molecule has 4 heterocycles. The Balaban J connectivity index is 1.57. The van der Waals surface area contributed by atoms with Crippen LogP contribution >= 0.6 is 11.3 Å². The maximum atomic E-state index is 12.8. The first-order valence-electron chi connectivity index (χ1n) is 10.2. The molecular weight excluding hydrogens is 424 g/mol. The molecule has 0 aromatic carbocycles. The number of rotatable bonds is 8. The maximum Gasteiger partial charge on any atom is 0.254 e. The van der Waals surface area contributed by atoms with Crippen LogP contribution in [-0.4, -0.2) is 44.3 Å². The van der Waals surface area contributed by atoms with Crippen LogP contribution in [0.5, 0.6) is 0 Å². The van der Waals surface area contributed by atoms with Crippen molar-refractivity contribution in [2.24, 2.45) is 0 Å². The summed E-state index contributed by atoms with van der Waals surface area (Å²) < 4.78 is 6.91. The summed E-state index contributed by atoms with van der Waals surface area (Å²) in [5.74, 6) is 0.180. The highest BCUT2D eigenvalue weighted by atomic mass is 32.1. The van der Waals surface area contributed by atoms with E-state index in [2.05, 4.69) is 40.3 Å². The van der Waals surface area contributed by atoms with E-state index in [1.807, 2.05) is 18.2 Å². The number of aromatic nitrogens is 5. The SMILES string of the molecule is COCc1c(C(=O)NCCc2cccnc2)cnn1-c1nccc(-c2cc(C)sc2C)n1. The minimum atomic E-state index is -0.215. The summed E-state index contributed by atoms with van der Waals surface area (Å²) in [6.45, 7) is 4.85. The molecule has 0 spiro atoms. The quantitative estimate of drug-likeness (QED) is 0.443. The van der Waals surface area contributed by atoms with E-state index < -0.39 is 0 Å². The molecule has 8 nitrogen and oxygen atoms in total. The van der Waals surface area contributed by atoms with Gasteiger partial charge >= 0.3 is 0 Å². The molecule has 1 N–H and O–H groups in total. The van der Waals surface area contributed by atoms with E-state index in [-0.39, 0.29) is 12.5 Å². The van der Waals surface area contributed by atoms with Gasteiger partial charge in [0, 0.05) is 47.6 Å². The average Bonchev–Trinajstić information content (AvgIpc) is 3.37. The van der Waals surface area contributed by atoms with E-state index in [4.69, 9.17) is 9.72 Å². The van der Waals surface area contributed by atoms with Crippen LogP contribution in [0, 0.1) is 13.8 Å². The number of hydrogen-bond acceptors (Lipinski definition) is 7. The molecule has 9 heteroatoms. The fourth-order valence-corrected chi connectivity index (χ4v) is 4.39. The number of methoxy groups -OCH3 is 1. The Hall–Kier alpha value is -3.43. The van der Waals surface area contributed by atoms with Gasteiger partial charge in [-0.1, -0.05) is 6.07 Å². The molecular formula is C23H24N6O2S. The van der Waals surface area contributed by atoms with Crippen molar-refractivity contribution in [3.8, 4) is 17.2 Å². The molecule has 0 atom stereocenters. The molecule has 0 aliphatic heterocycles. The van der Waals surface area contributed by atoms with Gasteiger partial charge in [0.05, 0.1) is 29.8 Å². The largest absolute Gasteiger partial charge is 0.378 e. The smallest absolute Gasteiger partial charge is 0.254 e. The highest BCUT2D eigenvalue weighted by Crippen LogP contribution is 2.29. The van der Waals surface area contributed by atoms with Crippen LogP contribution in [0.4, 0.5) is 0 Å². The van der Waals surface area contributed by atoms with E-state index in [1.54, 1.807) is 41.7 Å². The van der Waals surface area contributed by atoms with Crippen LogP contribution in [0.1, 0.15) is 31.4 Å². The van der Waals surface area contributed by atoms with Crippen molar-refractivity contribution in [3.63, 3.8) is 0 Å². The molecule has 4 rings (SSSR count).